The summed E-state index contributed by atoms with van der Waals surface area (Å²) in [5.74, 6) is -0.466. The topological polar surface area (TPSA) is 110 Å². The molecule has 3 aromatic rings. The third-order valence-corrected chi connectivity index (χ3v) is 4.66. The molecule has 4 rings (SSSR count). The fourth-order valence-electron chi connectivity index (χ4n) is 3.05. The van der Waals surface area contributed by atoms with Crippen LogP contribution in [0, 0.1) is 0 Å². The van der Waals surface area contributed by atoms with Crippen LogP contribution >= 0.6 is 0 Å². The lowest BCUT2D eigenvalue weighted by Crippen LogP contribution is -2.50. The lowest BCUT2D eigenvalue weighted by Gasteiger charge is -2.12. The molecule has 0 spiro atoms. The van der Waals surface area contributed by atoms with Crippen LogP contribution in [0.4, 0.5) is 0 Å². The highest BCUT2D eigenvalue weighted by atomic mass is 16.7. The molecule has 9 nitrogen and oxygen atoms in total. The summed E-state index contributed by atoms with van der Waals surface area (Å²) in [5.41, 5.74) is 5.62. The van der Waals surface area contributed by atoms with E-state index >= 15 is 0 Å². The number of hydrogen-bond donors (Lipinski definition) is 3. The van der Waals surface area contributed by atoms with Crippen molar-refractivity contribution in [3.8, 4) is 11.5 Å². The molecule has 9 heteroatoms. The van der Waals surface area contributed by atoms with Crippen molar-refractivity contribution in [3.05, 3.63) is 95.9 Å². The maximum absolute atomic E-state index is 12.8. The smallest absolute Gasteiger partial charge is 0.304 e. The summed E-state index contributed by atoms with van der Waals surface area (Å²) in [5, 5.41) is 2.60. The number of hydrogen-bond acceptors (Lipinski definition) is 5. The highest BCUT2D eigenvalue weighted by molar-refractivity contribution is 6.05. The molecule has 0 fully saturated rings. The number of amides is 3. The van der Waals surface area contributed by atoms with Crippen LogP contribution in [0.25, 0.3) is 6.08 Å². The van der Waals surface area contributed by atoms with E-state index < -0.39 is 17.7 Å². The highest BCUT2D eigenvalue weighted by Crippen LogP contribution is 2.33. The molecule has 0 unspecified atom stereocenters. The van der Waals surface area contributed by atoms with Crippen molar-refractivity contribution in [2.45, 2.75) is 6.54 Å². The Kier molecular flexibility index (Phi) is 6.60. The average Bonchev–Trinajstić information content (AvgIpc) is 3.31. The van der Waals surface area contributed by atoms with Gasteiger partial charge in [-0.25, -0.2) is 0 Å². The van der Waals surface area contributed by atoms with Gasteiger partial charge in [0.15, 0.2) is 23.9 Å². The monoisotopic (exact) mass is 445 g/mol. The first-order valence-corrected chi connectivity index (χ1v) is 10.1. The predicted molar refractivity (Wildman–Crippen MR) is 117 cm³/mol. The van der Waals surface area contributed by atoms with Crippen molar-refractivity contribution in [1.82, 2.24) is 16.2 Å². The van der Waals surface area contributed by atoms with Crippen molar-refractivity contribution in [3.63, 3.8) is 0 Å². The van der Waals surface area contributed by atoms with Gasteiger partial charge in [0.1, 0.15) is 5.70 Å². The minimum atomic E-state index is -0.691. The summed E-state index contributed by atoms with van der Waals surface area (Å²) < 4.78 is 12.3. The molecule has 1 aliphatic rings. The Bertz CT molecular complexity index is 1200. The van der Waals surface area contributed by atoms with E-state index in [1.54, 1.807) is 77.6 Å². The van der Waals surface area contributed by atoms with Crippen molar-refractivity contribution in [1.29, 1.82) is 0 Å². The number of ether oxygens (including phenoxy) is 2. The average molecular weight is 445 g/mol. The van der Waals surface area contributed by atoms with Crippen molar-refractivity contribution in [2.24, 2.45) is 0 Å². The van der Waals surface area contributed by atoms with E-state index in [9.17, 15) is 14.4 Å². The van der Waals surface area contributed by atoms with Gasteiger partial charge in [-0.3, -0.25) is 25.2 Å². The normalized spacial score (nSPS) is 12.1. The lowest BCUT2D eigenvalue weighted by atomic mass is 10.1. The van der Waals surface area contributed by atoms with Crippen molar-refractivity contribution < 1.29 is 28.4 Å². The number of benzene rings is 2. The fraction of sp³-hybridized carbons (Fsp3) is 0.0833. The number of hydrazine groups is 1. The third kappa shape index (κ3) is 5.73. The fourth-order valence-corrected chi connectivity index (χ4v) is 3.05. The minimum absolute atomic E-state index is 0.0126. The Hall–Kier alpha value is -4.66. The van der Waals surface area contributed by atoms with Crippen LogP contribution in [0.1, 0.15) is 15.9 Å². The van der Waals surface area contributed by atoms with Crippen molar-refractivity contribution >= 4 is 23.8 Å². The van der Waals surface area contributed by atoms with E-state index in [0.717, 1.165) is 0 Å². The molecule has 0 saturated heterocycles. The summed E-state index contributed by atoms with van der Waals surface area (Å²) in [6, 6.07) is 19.0. The SMILES string of the molecule is O=C(C[n+]1ccccc1)NNC(=O)/C(=C/c1ccc2c(c1)OCO2)NC(=O)c1ccccc1. The molecule has 3 amide bonds. The molecule has 0 bridgehead atoms. The Morgan fingerprint density at radius 3 is 2.39 bits per heavy atom. The number of nitrogens with one attached hydrogen (secondary N) is 3. The molecule has 0 saturated carbocycles. The first-order valence-electron chi connectivity index (χ1n) is 10.1. The first-order chi connectivity index (χ1) is 16.1. The third-order valence-electron chi connectivity index (χ3n) is 4.66. The molecule has 0 aliphatic carbocycles. The van der Waals surface area contributed by atoms with E-state index in [2.05, 4.69) is 16.2 Å². The number of carbonyl (C=O) groups is 3. The number of pyridine rings is 1. The molecule has 0 radical (unpaired) electrons. The first kappa shape index (κ1) is 21.6. The molecule has 2 heterocycles. The molecular weight excluding hydrogens is 424 g/mol. The standard InChI is InChI=1S/C24H20N4O5/c29-22(15-28-11-5-2-6-12-28)26-27-24(31)19(25-23(30)18-7-3-1-4-8-18)13-17-9-10-20-21(14-17)33-16-32-20/h1-14H,15-16H2,(H2-,25,26,27,29,30,31)/p+1/b19-13-. The number of carbonyl (C=O) groups excluding carboxylic acids is 3. The van der Waals surface area contributed by atoms with Gasteiger partial charge >= 0.3 is 5.91 Å². The Morgan fingerprint density at radius 2 is 1.61 bits per heavy atom. The van der Waals surface area contributed by atoms with Gasteiger partial charge in [-0.05, 0) is 35.9 Å². The summed E-state index contributed by atoms with van der Waals surface area (Å²) >= 11 is 0. The van der Waals surface area contributed by atoms with Crippen LogP contribution < -0.4 is 30.2 Å². The zero-order valence-electron chi connectivity index (χ0n) is 17.5. The van der Waals surface area contributed by atoms with Gasteiger partial charge in [-0.15, -0.1) is 0 Å². The quantitative estimate of drug-likeness (QED) is 0.301. The number of aromatic nitrogens is 1. The molecule has 0 atom stereocenters. The van der Waals surface area contributed by atoms with Crippen LogP contribution in [0.2, 0.25) is 0 Å². The summed E-state index contributed by atoms with van der Waals surface area (Å²) in [6.07, 6.45) is 4.94. The lowest BCUT2D eigenvalue weighted by molar-refractivity contribution is -0.684. The second-order valence-electron chi connectivity index (χ2n) is 7.04. The Labute approximate surface area is 189 Å². The largest absolute Gasteiger partial charge is 0.454 e. The van der Waals surface area contributed by atoms with Crippen LogP contribution in [-0.2, 0) is 16.1 Å². The molecule has 1 aliphatic heterocycles. The van der Waals surface area contributed by atoms with E-state index in [4.69, 9.17) is 9.47 Å². The summed E-state index contributed by atoms with van der Waals surface area (Å²) in [4.78, 5) is 37.7. The molecule has 33 heavy (non-hydrogen) atoms. The maximum atomic E-state index is 12.8. The van der Waals surface area contributed by atoms with E-state index in [1.807, 2.05) is 6.07 Å². The summed E-state index contributed by atoms with van der Waals surface area (Å²) in [6.45, 7) is 0.130. The maximum Gasteiger partial charge on any atom is 0.304 e. The van der Waals surface area contributed by atoms with Gasteiger partial charge in [0.05, 0.1) is 0 Å². The second kappa shape index (κ2) is 10.1. The minimum Gasteiger partial charge on any atom is -0.454 e. The van der Waals surface area contributed by atoms with Gasteiger partial charge in [-0.1, -0.05) is 30.3 Å². The highest BCUT2D eigenvalue weighted by Gasteiger charge is 2.18. The number of nitrogens with zero attached hydrogens (tertiary/aromatic N) is 1. The van der Waals surface area contributed by atoms with Gasteiger partial charge in [0, 0.05) is 17.7 Å². The number of fused-ring (bicyclic) bond motifs is 1. The Morgan fingerprint density at radius 1 is 0.879 bits per heavy atom. The van der Waals surface area contributed by atoms with Crippen LogP contribution in [-0.4, -0.2) is 24.5 Å². The number of rotatable bonds is 6. The molecular formula is C24H21N4O5+. The van der Waals surface area contributed by atoms with E-state index in [0.29, 0.717) is 22.6 Å². The summed E-state index contributed by atoms with van der Waals surface area (Å²) in [7, 11) is 0. The van der Waals surface area contributed by atoms with Gasteiger partial charge < -0.3 is 14.8 Å². The van der Waals surface area contributed by atoms with Crippen molar-refractivity contribution in [2.75, 3.05) is 6.79 Å². The van der Waals surface area contributed by atoms with Gasteiger partial charge in [-0.2, -0.15) is 4.57 Å². The predicted octanol–water partition coefficient (Wildman–Crippen LogP) is 1.32. The molecule has 166 valence electrons. The molecule has 1 aromatic heterocycles. The van der Waals surface area contributed by atoms with E-state index in [1.165, 1.54) is 6.08 Å². The van der Waals surface area contributed by atoms with Gasteiger partial charge in [0.25, 0.3) is 11.8 Å². The zero-order chi connectivity index (χ0) is 23.0. The van der Waals surface area contributed by atoms with Crippen LogP contribution in [0.3, 0.4) is 0 Å². The zero-order valence-corrected chi connectivity index (χ0v) is 17.5. The van der Waals surface area contributed by atoms with Crippen LogP contribution in [0.15, 0.2) is 84.8 Å². The molecule has 3 N–H and O–H groups in total. The second-order valence-corrected chi connectivity index (χ2v) is 7.04. The Balaban J connectivity index is 1.49. The molecule has 2 aromatic carbocycles. The van der Waals surface area contributed by atoms with Crippen LogP contribution in [0.5, 0.6) is 11.5 Å². The van der Waals surface area contributed by atoms with Gasteiger partial charge in [0.2, 0.25) is 13.3 Å². The van der Waals surface area contributed by atoms with E-state index in [-0.39, 0.29) is 19.0 Å².